The number of amides is 1. The lowest BCUT2D eigenvalue weighted by molar-refractivity contribution is -0.143. The molecule has 5 rings (SSSR count). The molecule has 4 aromatic heterocycles. The highest BCUT2D eigenvalue weighted by atomic mass is 16.3. The van der Waals surface area contributed by atoms with Gasteiger partial charge in [-0.15, -0.1) is 5.10 Å². The zero-order valence-electron chi connectivity index (χ0n) is 18.0. The highest BCUT2D eigenvalue weighted by molar-refractivity contribution is 5.87. The minimum absolute atomic E-state index is 0.199. The molecule has 0 aromatic carbocycles. The SMILES string of the molecule is Cc1ncccc1Nc1nccc(-c2cccc(-n3cc(C4(O)CCN(C)C4=O)nn3)n2)n1. The molecule has 1 aliphatic rings. The first-order valence-electron chi connectivity index (χ1n) is 10.3. The molecular weight excluding hydrogens is 422 g/mol. The summed E-state index contributed by atoms with van der Waals surface area (Å²) in [6.07, 6.45) is 5.17. The van der Waals surface area contributed by atoms with E-state index in [-0.39, 0.29) is 18.0 Å². The van der Waals surface area contributed by atoms with Crippen LogP contribution in [0, 0.1) is 6.92 Å². The van der Waals surface area contributed by atoms with Gasteiger partial charge in [0.1, 0.15) is 5.69 Å². The maximum Gasteiger partial charge on any atom is 0.260 e. The summed E-state index contributed by atoms with van der Waals surface area (Å²) < 4.78 is 1.43. The highest BCUT2D eigenvalue weighted by Gasteiger charge is 2.47. The number of likely N-dealkylation sites (N-methyl/N-ethyl adjacent to an activating group) is 1. The summed E-state index contributed by atoms with van der Waals surface area (Å²) in [5, 5.41) is 22.1. The summed E-state index contributed by atoms with van der Waals surface area (Å²) in [7, 11) is 1.65. The fourth-order valence-corrected chi connectivity index (χ4v) is 3.65. The number of likely N-dealkylation sites (tertiary alicyclic amines) is 1. The van der Waals surface area contributed by atoms with Crippen LogP contribution in [0.15, 0.2) is 55.0 Å². The van der Waals surface area contributed by atoms with Gasteiger partial charge in [-0.3, -0.25) is 9.78 Å². The van der Waals surface area contributed by atoms with E-state index in [1.54, 1.807) is 31.6 Å². The number of anilines is 2. The number of carbonyl (C=O) groups excluding carboxylic acids is 1. The zero-order chi connectivity index (χ0) is 23.0. The number of aliphatic hydroxyl groups is 1. The van der Waals surface area contributed by atoms with Gasteiger partial charge in [-0.2, -0.15) is 0 Å². The maximum absolute atomic E-state index is 12.4. The van der Waals surface area contributed by atoms with Crippen LogP contribution < -0.4 is 5.32 Å². The van der Waals surface area contributed by atoms with Crippen LogP contribution in [0.25, 0.3) is 17.2 Å². The van der Waals surface area contributed by atoms with Gasteiger partial charge in [-0.25, -0.2) is 19.6 Å². The van der Waals surface area contributed by atoms with Crippen molar-refractivity contribution in [1.82, 2.24) is 39.8 Å². The van der Waals surface area contributed by atoms with E-state index >= 15 is 0 Å². The van der Waals surface area contributed by atoms with Crippen LogP contribution in [0.2, 0.25) is 0 Å². The lowest BCUT2D eigenvalue weighted by Gasteiger charge is -2.17. The quantitative estimate of drug-likeness (QED) is 0.472. The molecule has 0 radical (unpaired) electrons. The number of pyridine rings is 2. The van der Waals surface area contributed by atoms with Gasteiger partial charge >= 0.3 is 0 Å². The van der Waals surface area contributed by atoms with Crippen molar-refractivity contribution in [3.05, 3.63) is 66.4 Å². The van der Waals surface area contributed by atoms with E-state index in [1.165, 1.54) is 15.8 Å². The van der Waals surface area contributed by atoms with Gasteiger partial charge in [0.25, 0.3) is 5.91 Å². The Morgan fingerprint density at radius 3 is 2.70 bits per heavy atom. The number of hydrogen-bond acceptors (Lipinski definition) is 9. The van der Waals surface area contributed by atoms with Gasteiger partial charge in [-0.1, -0.05) is 11.3 Å². The van der Waals surface area contributed by atoms with Gasteiger partial charge in [0.05, 0.1) is 29.0 Å². The Kier molecular flexibility index (Phi) is 5.02. The third-order valence-electron chi connectivity index (χ3n) is 5.57. The summed E-state index contributed by atoms with van der Waals surface area (Å²) in [6.45, 7) is 2.36. The fourth-order valence-electron chi connectivity index (χ4n) is 3.65. The molecule has 1 amide bonds. The standard InChI is InChI=1S/C22H21N9O2/c1-14-15(6-4-10-23-14)26-21-24-11-8-17(27-21)16-5-3-7-19(25-16)31-13-18(28-29-31)22(33)9-12-30(2)20(22)32/h3-8,10-11,13,33H,9,12H2,1-2H3,(H,24,26,27). The van der Waals surface area contributed by atoms with E-state index in [2.05, 4.69) is 35.6 Å². The van der Waals surface area contributed by atoms with Crippen molar-refractivity contribution < 1.29 is 9.90 Å². The van der Waals surface area contributed by atoms with Crippen molar-refractivity contribution in [3.8, 4) is 17.2 Å². The topological polar surface area (TPSA) is 135 Å². The van der Waals surface area contributed by atoms with E-state index in [1.807, 2.05) is 31.2 Å². The van der Waals surface area contributed by atoms with Gasteiger partial charge in [-0.05, 0) is 37.3 Å². The van der Waals surface area contributed by atoms with E-state index in [0.29, 0.717) is 29.7 Å². The molecule has 0 aliphatic carbocycles. The van der Waals surface area contributed by atoms with Crippen LogP contribution in [0.5, 0.6) is 0 Å². The second-order valence-electron chi connectivity index (χ2n) is 7.79. The first-order valence-corrected chi connectivity index (χ1v) is 10.3. The molecule has 1 saturated heterocycles. The Hall–Kier alpha value is -4.25. The molecule has 0 spiro atoms. The molecule has 1 unspecified atom stereocenters. The number of nitrogens with one attached hydrogen (secondary N) is 1. The second kappa shape index (κ2) is 8.02. The zero-order valence-corrected chi connectivity index (χ0v) is 18.0. The summed E-state index contributed by atoms with van der Waals surface area (Å²) in [5.74, 6) is 0.510. The lowest BCUT2D eigenvalue weighted by Crippen LogP contribution is -2.36. The van der Waals surface area contributed by atoms with Crippen LogP contribution in [-0.4, -0.2) is 64.4 Å². The van der Waals surface area contributed by atoms with Gasteiger partial charge in [0, 0.05) is 32.4 Å². The first kappa shape index (κ1) is 20.6. The molecule has 0 bridgehead atoms. The minimum atomic E-state index is -1.66. The lowest BCUT2D eigenvalue weighted by atomic mass is 9.99. The van der Waals surface area contributed by atoms with Crippen molar-refractivity contribution >= 4 is 17.5 Å². The molecule has 5 heterocycles. The molecule has 1 aliphatic heterocycles. The van der Waals surface area contributed by atoms with Crippen LogP contribution >= 0.6 is 0 Å². The Labute approximate surface area is 189 Å². The second-order valence-corrected chi connectivity index (χ2v) is 7.79. The molecule has 0 saturated carbocycles. The molecule has 11 heteroatoms. The van der Waals surface area contributed by atoms with Crippen LogP contribution in [0.3, 0.4) is 0 Å². The number of nitrogens with zero attached hydrogens (tertiary/aromatic N) is 8. The highest BCUT2D eigenvalue weighted by Crippen LogP contribution is 2.31. The maximum atomic E-state index is 12.4. The van der Waals surface area contributed by atoms with Crippen LogP contribution in [0.1, 0.15) is 17.8 Å². The normalized spacial score (nSPS) is 18.0. The van der Waals surface area contributed by atoms with E-state index in [9.17, 15) is 9.90 Å². The summed E-state index contributed by atoms with van der Waals surface area (Å²) >= 11 is 0. The fraction of sp³-hybridized carbons (Fsp3) is 0.227. The van der Waals surface area contributed by atoms with Crippen molar-refractivity contribution in [2.45, 2.75) is 18.9 Å². The van der Waals surface area contributed by atoms with E-state index in [0.717, 1.165) is 11.4 Å². The van der Waals surface area contributed by atoms with Crippen molar-refractivity contribution in [2.24, 2.45) is 0 Å². The molecular formula is C22H21N9O2. The summed E-state index contributed by atoms with van der Waals surface area (Å²) in [6, 6.07) is 10.9. The third-order valence-corrected chi connectivity index (χ3v) is 5.57. The van der Waals surface area contributed by atoms with E-state index in [4.69, 9.17) is 0 Å². The number of carbonyl (C=O) groups is 1. The average molecular weight is 443 g/mol. The van der Waals surface area contributed by atoms with Crippen molar-refractivity contribution in [2.75, 3.05) is 18.9 Å². The van der Waals surface area contributed by atoms with Crippen LogP contribution in [-0.2, 0) is 10.4 Å². The minimum Gasteiger partial charge on any atom is -0.374 e. The third kappa shape index (κ3) is 3.78. The summed E-state index contributed by atoms with van der Waals surface area (Å²) in [5.41, 5.74) is 1.40. The Morgan fingerprint density at radius 1 is 1.06 bits per heavy atom. The van der Waals surface area contributed by atoms with E-state index < -0.39 is 5.60 Å². The molecule has 2 N–H and O–H groups in total. The largest absolute Gasteiger partial charge is 0.374 e. The predicted molar refractivity (Wildman–Crippen MR) is 119 cm³/mol. The van der Waals surface area contributed by atoms with Gasteiger partial charge < -0.3 is 15.3 Å². The predicted octanol–water partition coefficient (Wildman–Crippen LogP) is 1.62. The van der Waals surface area contributed by atoms with Gasteiger partial charge in [0.2, 0.25) is 5.95 Å². The van der Waals surface area contributed by atoms with Crippen molar-refractivity contribution in [1.29, 1.82) is 0 Å². The number of hydrogen-bond donors (Lipinski definition) is 2. The molecule has 33 heavy (non-hydrogen) atoms. The van der Waals surface area contributed by atoms with Gasteiger partial charge in [0.15, 0.2) is 11.4 Å². The number of aryl methyl sites for hydroxylation is 1. The Morgan fingerprint density at radius 2 is 1.91 bits per heavy atom. The summed E-state index contributed by atoms with van der Waals surface area (Å²) in [4.78, 5) is 31.6. The Bertz CT molecular complexity index is 1340. The molecule has 1 fully saturated rings. The Balaban J connectivity index is 1.42. The average Bonchev–Trinajstić information content (AvgIpc) is 3.43. The number of aromatic nitrogens is 7. The molecule has 11 nitrogen and oxygen atoms in total. The first-order chi connectivity index (χ1) is 15.9. The molecule has 4 aromatic rings. The van der Waals surface area contributed by atoms with Crippen LogP contribution in [0.4, 0.5) is 11.6 Å². The monoisotopic (exact) mass is 443 g/mol. The van der Waals surface area contributed by atoms with Crippen molar-refractivity contribution in [3.63, 3.8) is 0 Å². The smallest absolute Gasteiger partial charge is 0.260 e. The number of rotatable bonds is 5. The molecule has 1 atom stereocenters. The molecule has 166 valence electrons.